The van der Waals surface area contributed by atoms with Gasteiger partial charge in [0.1, 0.15) is 0 Å². The van der Waals surface area contributed by atoms with Crippen LogP contribution in [0.4, 0.5) is 0 Å². The summed E-state index contributed by atoms with van der Waals surface area (Å²) in [7, 11) is 1.74. The summed E-state index contributed by atoms with van der Waals surface area (Å²) >= 11 is 0. The van der Waals surface area contributed by atoms with Crippen LogP contribution >= 0.6 is 0 Å². The maximum atomic E-state index is 11.1. The molecule has 1 unspecified atom stereocenters. The zero-order valence-electron chi connectivity index (χ0n) is 9.52. The molecule has 0 amide bonds. The molecule has 0 aliphatic carbocycles. The minimum absolute atomic E-state index is 0.657. The van der Waals surface area contributed by atoms with Crippen LogP contribution in [0.25, 0.3) is 6.08 Å². The van der Waals surface area contributed by atoms with Crippen molar-refractivity contribution in [1.82, 2.24) is 9.80 Å². The third-order valence-electron chi connectivity index (χ3n) is 2.60. The van der Waals surface area contributed by atoms with Crippen LogP contribution in [0.15, 0.2) is 48.9 Å². The largest absolute Gasteiger partial charge is 0.478 e. The number of benzene rings is 1. The van der Waals surface area contributed by atoms with Crippen LogP contribution in [-0.4, -0.2) is 34.1 Å². The molecule has 1 atom stereocenters. The zero-order valence-corrected chi connectivity index (χ0v) is 9.52. The second-order valence-corrected chi connectivity index (χ2v) is 3.85. The van der Waals surface area contributed by atoms with E-state index in [-0.39, 0.29) is 0 Å². The van der Waals surface area contributed by atoms with E-state index in [1.807, 2.05) is 36.4 Å². The number of hydrogen-bond acceptors (Lipinski definition) is 3. The molecule has 0 saturated heterocycles. The molecule has 88 valence electrons. The third kappa shape index (κ3) is 2.47. The summed E-state index contributed by atoms with van der Waals surface area (Å²) in [5.74, 6) is -0.866. The SMILES string of the molecule is CN1C=CN(C=Cc2ccccc2)C1C(=O)O. The van der Waals surface area contributed by atoms with E-state index in [9.17, 15) is 4.79 Å². The van der Waals surface area contributed by atoms with Gasteiger partial charge in [0.15, 0.2) is 0 Å². The lowest BCUT2D eigenvalue weighted by Gasteiger charge is -2.23. The molecule has 0 spiro atoms. The summed E-state index contributed by atoms with van der Waals surface area (Å²) in [6.45, 7) is 0. The van der Waals surface area contributed by atoms with E-state index < -0.39 is 12.1 Å². The van der Waals surface area contributed by atoms with Gasteiger partial charge in [-0.2, -0.15) is 0 Å². The number of nitrogens with zero attached hydrogens (tertiary/aromatic N) is 2. The minimum Gasteiger partial charge on any atom is -0.478 e. The Hall–Kier alpha value is -2.23. The Labute approximate surface area is 100 Å². The molecule has 1 aromatic carbocycles. The number of aliphatic carboxylic acids is 1. The van der Waals surface area contributed by atoms with Gasteiger partial charge in [-0.05, 0) is 11.6 Å². The number of hydrogen-bond donors (Lipinski definition) is 1. The molecule has 4 heteroatoms. The quantitative estimate of drug-likeness (QED) is 0.859. The number of likely N-dealkylation sites (N-methyl/N-ethyl adjacent to an activating group) is 1. The Kier molecular flexibility index (Phi) is 3.14. The van der Waals surface area contributed by atoms with Gasteiger partial charge in [0.2, 0.25) is 6.17 Å². The van der Waals surface area contributed by atoms with Crippen molar-refractivity contribution >= 4 is 12.0 Å². The van der Waals surface area contributed by atoms with E-state index in [4.69, 9.17) is 5.11 Å². The van der Waals surface area contributed by atoms with E-state index in [1.165, 1.54) is 0 Å². The Morgan fingerprint density at radius 1 is 1.29 bits per heavy atom. The monoisotopic (exact) mass is 230 g/mol. The number of carboxylic acid groups (broad SMARTS) is 1. The summed E-state index contributed by atoms with van der Waals surface area (Å²) in [6, 6.07) is 9.77. The van der Waals surface area contributed by atoms with Gasteiger partial charge in [-0.15, -0.1) is 0 Å². The Balaban J connectivity index is 2.11. The van der Waals surface area contributed by atoms with Crippen LogP contribution in [0.5, 0.6) is 0 Å². The van der Waals surface area contributed by atoms with Gasteiger partial charge in [-0.25, -0.2) is 4.79 Å². The molecular weight excluding hydrogens is 216 g/mol. The van der Waals surface area contributed by atoms with Crippen molar-refractivity contribution in [2.24, 2.45) is 0 Å². The highest BCUT2D eigenvalue weighted by atomic mass is 16.4. The van der Waals surface area contributed by atoms with Gasteiger partial charge in [0, 0.05) is 25.6 Å². The average Bonchev–Trinajstić information content (AvgIpc) is 2.69. The molecule has 1 aliphatic rings. The summed E-state index contributed by atoms with van der Waals surface area (Å²) in [5.41, 5.74) is 1.04. The molecule has 17 heavy (non-hydrogen) atoms. The first-order valence-electron chi connectivity index (χ1n) is 5.32. The van der Waals surface area contributed by atoms with E-state index in [0.29, 0.717) is 0 Å². The molecule has 0 radical (unpaired) electrons. The predicted octanol–water partition coefficient (Wildman–Crippen LogP) is 1.79. The van der Waals surface area contributed by atoms with Crippen LogP contribution in [-0.2, 0) is 4.79 Å². The lowest BCUT2D eigenvalue weighted by molar-refractivity contribution is -0.144. The molecule has 0 aromatic heterocycles. The molecule has 1 aromatic rings. The highest BCUT2D eigenvalue weighted by Gasteiger charge is 2.28. The van der Waals surface area contributed by atoms with Gasteiger partial charge in [0.05, 0.1) is 0 Å². The van der Waals surface area contributed by atoms with Crippen molar-refractivity contribution in [2.45, 2.75) is 6.17 Å². The topological polar surface area (TPSA) is 43.8 Å². The summed E-state index contributed by atoms with van der Waals surface area (Å²) in [4.78, 5) is 14.4. The Bertz CT molecular complexity index is 454. The zero-order chi connectivity index (χ0) is 12.3. The second-order valence-electron chi connectivity index (χ2n) is 3.85. The van der Waals surface area contributed by atoms with Gasteiger partial charge < -0.3 is 14.9 Å². The van der Waals surface area contributed by atoms with Gasteiger partial charge in [0.25, 0.3) is 0 Å². The molecular formula is C13H14N2O2. The van der Waals surface area contributed by atoms with Gasteiger partial charge in [-0.3, -0.25) is 0 Å². The van der Waals surface area contributed by atoms with Crippen molar-refractivity contribution in [3.63, 3.8) is 0 Å². The maximum absolute atomic E-state index is 11.1. The molecule has 0 saturated carbocycles. The number of rotatable bonds is 3. The molecule has 2 rings (SSSR count). The third-order valence-corrected chi connectivity index (χ3v) is 2.60. The first-order chi connectivity index (χ1) is 8.18. The molecule has 1 heterocycles. The van der Waals surface area contributed by atoms with Crippen molar-refractivity contribution in [1.29, 1.82) is 0 Å². The van der Waals surface area contributed by atoms with E-state index in [1.54, 1.807) is 35.4 Å². The van der Waals surface area contributed by atoms with E-state index in [2.05, 4.69) is 0 Å². The lowest BCUT2D eigenvalue weighted by atomic mass is 10.2. The van der Waals surface area contributed by atoms with Crippen molar-refractivity contribution < 1.29 is 9.90 Å². The molecule has 4 nitrogen and oxygen atoms in total. The van der Waals surface area contributed by atoms with Crippen LogP contribution < -0.4 is 0 Å². The number of carboxylic acids is 1. The fraction of sp³-hybridized carbons (Fsp3) is 0.154. The second kappa shape index (κ2) is 4.74. The first-order valence-corrected chi connectivity index (χ1v) is 5.32. The average molecular weight is 230 g/mol. The fourth-order valence-corrected chi connectivity index (χ4v) is 1.72. The van der Waals surface area contributed by atoms with E-state index >= 15 is 0 Å². The van der Waals surface area contributed by atoms with Crippen LogP contribution in [0.2, 0.25) is 0 Å². The highest BCUT2D eigenvalue weighted by Crippen LogP contribution is 2.15. The van der Waals surface area contributed by atoms with Crippen LogP contribution in [0, 0.1) is 0 Å². The minimum atomic E-state index is -0.866. The van der Waals surface area contributed by atoms with Crippen molar-refractivity contribution in [3.8, 4) is 0 Å². The van der Waals surface area contributed by atoms with Crippen molar-refractivity contribution in [2.75, 3.05) is 7.05 Å². The molecule has 1 aliphatic heterocycles. The molecule has 0 fully saturated rings. The molecule has 1 N–H and O–H groups in total. The normalized spacial score (nSPS) is 19.2. The van der Waals surface area contributed by atoms with Crippen LogP contribution in [0.1, 0.15) is 5.56 Å². The van der Waals surface area contributed by atoms with E-state index in [0.717, 1.165) is 5.56 Å². The van der Waals surface area contributed by atoms with Crippen molar-refractivity contribution in [3.05, 3.63) is 54.5 Å². The summed E-state index contributed by atoms with van der Waals surface area (Å²) in [5, 5.41) is 9.09. The Morgan fingerprint density at radius 2 is 2.00 bits per heavy atom. The summed E-state index contributed by atoms with van der Waals surface area (Å²) < 4.78 is 0. The van der Waals surface area contributed by atoms with Gasteiger partial charge >= 0.3 is 5.97 Å². The van der Waals surface area contributed by atoms with Crippen LogP contribution in [0.3, 0.4) is 0 Å². The predicted molar refractivity (Wildman–Crippen MR) is 65.6 cm³/mol. The Morgan fingerprint density at radius 3 is 2.65 bits per heavy atom. The smallest absolute Gasteiger partial charge is 0.347 e. The standard InChI is InChI=1S/C13H14N2O2/c1-14-9-10-15(12(14)13(16)17)8-7-11-5-3-2-4-6-11/h2-10,12H,1H3,(H,16,17). The fourth-order valence-electron chi connectivity index (χ4n) is 1.72. The lowest BCUT2D eigenvalue weighted by Crippen LogP contribution is -2.40. The highest BCUT2D eigenvalue weighted by molar-refractivity contribution is 5.74. The first kappa shape index (κ1) is 11.3. The van der Waals surface area contributed by atoms with Gasteiger partial charge in [-0.1, -0.05) is 30.3 Å². The molecule has 0 bridgehead atoms. The maximum Gasteiger partial charge on any atom is 0.347 e. The number of carbonyl (C=O) groups is 1. The summed E-state index contributed by atoms with van der Waals surface area (Å²) in [6.07, 6.45) is 6.50.